The van der Waals surface area contributed by atoms with Gasteiger partial charge in [0.2, 0.25) is 5.91 Å². The summed E-state index contributed by atoms with van der Waals surface area (Å²) in [6.07, 6.45) is -0.589. The van der Waals surface area contributed by atoms with Crippen LogP contribution in [0.2, 0.25) is 0 Å². The van der Waals surface area contributed by atoms with Crippen molar-refractivity contribution in [2.24, 2.45) is 5.41 Å². The number of rotatable bonds is 8. The number of aromatic carboxylic acids is 1. The smallest absolute Gasteiger partial charge is 0.407 e. The van der Waals surface area contributed by atoms with E-state index in [4.69, 9.17) is 9.84 Å². The van der Waals surface area contributed by atoms with Gasteiger partial charge in [-0.3, -0.25) is 4.79 Å². The van der Waals surface area contributed by atoms with Crippen LogP contribution in [0.1, 0.15) is 51.3 Å². The molecule has 0 unspecified atom stereocenters. The van der Waals surface area contributed by atoms with Crippen LogP contribution in [-0.2, 0) is 16.1 Å². The molecular weight excluding hydrogens is 466 g/mol. The van der Waals surface area contributed by atoms with Crippen LogP contribution in [0.5, 0.6) is 0 Å². The second-order valence-electron chi connectivity index (χ2n) is 9.06. The molecule has 35 heavy (non-hydrogen) atoms. The fourth-order valence-corrected chi connectivity index (χ4v) is 5.01. The highest BCUT2D eigenvalue weighted by molar-refractivity contribution is 7.11. The summed E-state index contributed by atoms with van der Waals surface area (Å²) in [5, 5.41) is 15.1. The van der Waals surface area contributed by atoms with Gasteiger partial charge in [0, 0.05) is 17.3 Å². The number of nitrogens with zero attached hydrogens (tertiary/aromatic N) is 1. The van der Waals surface area contributed by atoms with Crippen LogP contribution in [0.25, 0.3) is 11.1 Å². The Morgan fingerprint density at radius 2 is 1.63 bits per heavy atom. The molecule has 0 aliphatic heterocycles. The number of fused-ring (bicyclic) bond motifs is 3. The van der Waals surface area contributed by atoms with Gasteiger partial charge in [-0.15, -0.1) is 11.3 Å². The van der Waals surface area contributed by atoms with Crippen molar-refractivity contribution >= 4 is 29.3 Å². The Morgan fingerprint density at radius 3 is 2.20 bits per heavy atom. The first-order chi connectivity index (χ1) is 16.7. The van der Waals surface area contributed by atoms with Crippen molar-refractivity contribution in [1.29, 1.82) is 0 Å². The van der Waals surface area contributed by atoms with Crippen LogP contribution in [0, 0.1) is 12.3 Å². The number of thiazole rings is 1. The van der Waals surface area contributed by atoms with E-state index in [1.165, 1.54) is 11.3 Å². The van der Waals surface area contributed by atoms with Gasteiger partial charge in [-0.25, -0.2) is 14.6 Å². The normalized spacial score (nSPS) is 12.5. The summed E-state index contributed by atoms with van der Waals surface area (Å²) in [5.74, 6) is -1.42. The van der Waals surface area contributed by atoms with Crippen LogP contribution in [0.15, 0.2) is 48.5 Å². The summed E-state index contributed by atoms with van der Waals surface area (Å²) >= 11 is 1.23. The van der Waals surface area contributed by atoms with Crippen molar-refractivity contribution in [2.45, 2.75) is 33.2 Å². The molecule has 0 fully saturated rings. The van der Waals surface area contributed by atoms with Crippen LogP contribution in [-0.4, -0.2) is 41.2 Å². The lowest BCUT2D eigenvalue weighted by Crippen LogP contribution is -2.44. The van der Waals surface area contributed by atoms with Crippen molar-refractivity contribution < 1.29 is 24.2 Å². The maximum absolute atomic E-state index is 12.7. The third-order valence-corrected chi connectivity index (χ3v) is 7.05. The Morgan fingerprint density at radius 1 is 1.03 bits per heavy atom. The van der Waals surface area contributed by atoms with E-state index in [1.807, 2.05) is 24.3 Å². The first-order valence-electron chi connectivity index (χ1n) is 11.2. The number of alkyl carbamates (subject to hydrolysis) is 1. The van der Waals surface area contributed by atoms with Crippen LogP contribution < -0.4 is 10.6 Å². The van der Waals surface area contributed by atoms with Gasteiger partial charge in [-0.05, 0) is 43.0 Å². The second kappa shape index (κ2) is 9.87. The zero-order chi connectivity index (χ0) is 25.2. The number of carboxylic acids is 1. The van der Waals surface area contributed by atoms with E-state index >= 15 is 0 Å². The fourth-order valence-electron chi connectivity index (χ4n) is 4.14. The average molecular weight is 494 g/mol. The van der Waals surface area contributed by atoms with Gasteiger partial charge >= 0.3 is 12.1 Å². The number of benzene rings is 2. The summed E-state index contributed by atoms with van der Waals surface area (Å²) in [5.41, 5.74) is 3.65. The summed E-state index contributed by atoms with van der Waals surface area (Å²) in [4.78, 5) is 40.9. The number of hydrogen-bond donors (Lipinski definition) is 3. The number of aryl methyl sites for hydroxylation is 1. The maximum Gasteiger partial charge on any atom is 0.407 e. The Bertz CT molecular complexity index is 1240. The number of hydrogen-bond acceptors (Lipinski definition) is 6. The molecule has 1 aliphatic carbocycles. The number of carbonyl (C=O) groups is 3. The lowest BCUT2D eigenvalue weighted by atomic mass is 9.92. The molecule has 0 radical (unpaired) electrons. The van der Waals surface area contributed by atoms with Gasteiger partial charge in [-0.1, -0.05) is 48.5 Å². The summed E-state index contributed by atoms with van der Waals surface area (Å²) in [6.45, 7) is 5.49. The van der Waals surface area contributed by atoms with E-state index < -0.39 is 17.5 Å². The van der Waals surface area contributed by atoms with Crippen LogP contribution in [0.4, 0.5) is 4.79 Å². The molecule has 0 bridgehead atoms. The van der Waals surface area contributed by atoms with Gasteiger partial charge < -0.3 is 20.5 Å². The molecular formula is C26H27N3O5S. The van der Waals surface area contributed by atoms with Gasteiger partial charge in [0.15, 0.2) is 5.69 Å². The minimum atomic E-state index is -1.09. The Kier molecular flexibility index (Phi) is 6.88. The van der Waals surface area contributed by atoms with Gasteiger partial charge in [0.05, 0.1) is 12.0 Å². The molecule has 0 atom stereocenters. The highest BCUT2D eigenvalue weighted by Gasteiger charge is 2.31. The molecule has 4 rings (SSSR count). The molecule has 2 amide bonds. The first-order valence-corrected chi connectivity index (χ1v) is 12.1. The predicted octanol–water partition coefficient (Wildman–Crippen LogP) is 4.33. The molecule has 2 aromatic carbocycles. The summed E-state index contributed by atoms with van der Waals surface area (Å²) in [6, 6.07) is 16.2. The third-order valence-electron chi connectivity index (χ3n) is 6.08. The Hall–Kier alpha value is -3.72. The number of aromatic nitrogens is 1. The monoisotopic (exact) mass is 493 g/mol. The van der Waals surface area contributed by atoms with Crippen molar-refractivity contribution in [1.82, 2.24) is 15.6 Å². The Labute approximate surface area is 207 Å². The number of carboxylic acid groups (broad SMARTS) is 1. The molecule has 9 heteroatoms. The van der Waals surface area contributed by atoms with E-state index in [-0.39, 0.29) is 37.2 Å². The van der Waals surface area contributed by atoms with Crippen molar-refractivity contribution in [3.05, 3.63) is 75.2 Å². The van der Waals surface area contributed by atoms with Crippen molar-refractivity contribution in [3.8, 4) is 11.1 Å². The van der Waals surface area contributed by atoms with Crippen molar-refractivity contribution in [2.75, 3.05) is 13.2 Å². The summed E-state index contributed by atoms with van der Waals surface area (Å²) < 4.78 is 5.54. The quantitative estimate of drug-likeness (QED) is 0.430. The Balaban J connectivity index is 1.29. The van der Waals surface area contributed by atoms with Crippen molar-refractivity contribution in [3.63, 3.8) is 0 Å². The minimum absolute atomic E-state index is 0.00423. The van der Waals surface area contributed by atoms with Gasteiger partial charge in [0.1, 0.15) is 11.6 Å². The number of ether oxygens (including phenoxy) is 1. The summed E-state index contributed by atoms with van der Waals surface area (Å²) in [7, 11) is 0. The first kappa shape index (κ1) is 24.4. The second-order valence-corrected chi connectivity index (χ2v) is 10.4. The van der Waals surface area contributed by atoms with E-state index in [1.54, 1.807) is 20.8 Å². The molecule has 0 saturated heterocycles. The lowest BCUT2D eigenvalue weighted by molar-refractivity contribution is -0.129. The number of amides is 2. The maximum atomic E-state index is 12.7. The SMILES string of the molecule is Cc1sc(CNC(=O)C(C)(C)CNC(=O)OCC2c3ccccc3-c3ccccc32)nc1C(=O)O. The largest absolute Gasteiger partial charge is 0.476 e. The van der Waals surface area contributed by atoms with Gasteiger partial charge in [-0.2, -0.15) is 0 Å². The molecule has 8 nitrogen and oxygen atoms in total. The molecule has 3 N–H and O–H groups in total. The van der Waals surface area contributed by atoms with E-state index in [0.717, 1.165) is 22.3 Å². The third kappa shape index (κ3) is 5.19. The highest BCUT2D eigenvalue weighted by Crippen LogP contribution is 2.44. The van der Waals surface area contributed by atoms with E-state index in [9.17, 15) is 14.4 Å². The molecule has 0 spiro atoms. The molecule has 0 saturated carbocycles. The minimum Gasteiger partial charge on any atom is -0.476 e. The van der Waals surface area contributed by atoms with Crippen LogP contribution >= 0.6 is 11.3 Å². The van der Waals surface area contributed by atoms with E-state index in [2.05, 4.69) is 39.9 Å². The fraction of sp³-hybridized carbons (Fsp3) is 0.308. The highest BCUT2D eigenvalue weighted by atomic mass is 32.1. The zero-order valence-corrected chi connectivity index (χ0v) is 20.6. The predicted molar refractivity (Wildman–Crippen MR) is 133 cm³/mol. The lowest BCUT2D eigenvalue weighted by Gasteiger charge is -2.24. The molecule has 1 aliphatic rings. The number of carbonyl (C=O) groups excluding carboxylic acids is 2. The van der Waals surface area contributed by atoms with Crippen LogP contribution in [0.3, 0.4) is 0 Å². The zero-order valence-electron chi connectivity index (χ0n) is 19.8. The molecule has 3 aromatic rings. The standard InChI is InChI=1S/C26H27N3O5S/c1-15-22(23(30)31)29-21(35-15)12-27-24(32)26(2,3)14-28-25(33)34-13-20-18-10-6-4-8-16(18)17-9-5-7-11-19(17)20/h4-11,20H,12-14H2,1-3H3,(H,27,32)(H,28,33)(H,30,31). The average Bonchev–Trinajstić information content (AvgIpc) is 3.37. The topological polar surface area (TPSA) is 118 Å². The molecule has 1 heterocycles. The van der Waals surface area contributed by atoms with Gasteiger partial charge in [0.25, 0.3) is 0 Å². The number of nitrogens with one attached hydrogen (secondary N) is 2. The molecule has 1 aromatic heterocycles. The van der Waals surface area contributed by atoms with E-state index in [0.29, 0.717) is 9.88 Å². The molecule has 182 valence electrons.